The van der Waals surface area contributed by atoms with Gasteiger partial charge in [0.15, 0.2) is 11.2 Å². The molecule has 224 valence electrons. The number of azo groups is 1. The highest BCUT2D eigenvalue weighted by Gasteiger charge is 2.42. The molecule has 6 nitrogen and oxygen atoms in total. The molecule has 0 spiro atoms. The number of ether oxygens (including phenoxy) is 2. The minimum absolute atomic E-state index is 0.703. The Hall–Kier alpha value is -6.14. The lowest BCUT2D eigenvalue weighted by Gasteiger charge is -2.34. The summed E-state index contributed by atoms with van der Waals surface area (Å²) in [6, 6.07) is 56.4. The summed E-state index contributed by atoms with van der Waals surface area (Å²) in [5, 5.41) is 7.48. The van der Waals surface area contributed by atoms with Crippen LogP contribution in [0.2, 0.25) is 0 Å². The van der Waals surface area contributed by atoms with Crippen molar-refractivity contribution in [2.45, 2.75) is 11.2 Å². The van der Waals surface area contributed by atoms with Gasteiger partial charge >= 0.3 is 12.2 Å². The number of amides is 2. The third kappa shape index (κ3) is 5.97. The average Bonchev–Trinajstić information content (AvgIpc) is 3.14. The van der Waals surface area contributed by atoms with Crippen molar-refractivity contribution in [2.75, 3.05) is 0 Å². The Labute approximate surface area is 267 Å². The summed E-state index contributed by atoms with van der Waals surface area (Å²) in [6.45, 7) is 0. The number of hydrogen-bond donors (Lipinski definition) is 0. The van der Waals surface area contributed by atoms with Gasteiger partial charge in [-0.1, -0.05) is 192 Å². The predicted molar refractivity (Wildman–Crippen MR) is 176 cm³/mol. The molecule has 2 amide bonds. The fourth-order valence-electron chi connectivity index (χ4n) is 5.78. The van der Waals surface area contributed by atoms with Crippen molar-refractivity contribution in [3.8, 4) is 0 Å². The number of benzene rings is 6. The molecular formula is C40H30N2O4. The van der Waals surface area contributed by atoms with Crippen molar-refractivity contribution in [2.24, 2.45) is 10.2 Å². The van der Waals surface area contributed by atoms with Crippen molar-refractivity contribution in [3.05, 3.63) is 215 Å². The molecule has 0 saturated carbocycles. The van der Waals surface area contributed by atoms with Crippen LogP contribution in [0.5, 0.6) is 0 Å². The first kappa shape index (κ1) is 29.9. The summed E-state index contributed by atoms with van der Waals surface area (Å²) >= 11 is 0. The molecule has 0 atom stereocenters. The third-order valence-electron chi connectivity index (χ3n) is 7.78. The van der Waals surface area contributed by atoms with Gasteiger partial charge in [0.25, 0.3) is 0 Å². The number of carbonyl (C=O) groups excluding carboxylic acids is 2. The molecule has 0 saturated heterocycles. The van der Waals surface area contributed by atoms with Crippen molar-refractivity contribution in [3.63, 3.8) is 0 Å². The Morgan fingerprint density at radius 2 is 0.500 bits per heavy atom. The lowest BCUT2D eigenvalue weighted by Crippen LogP contribution is -2.35. The fourth-order valence-corrected chi connectivity index (χ4v) is 5.78. The second-order valence-corrected chi connectivity index (χ2v) is 10.5. The summed E-state index contributed by atoms with van der Waals surface area (Å²) in [5.41, 5.74) is 1.48. The molecule has 0 bridgehead atoms. The molecule has 0 radical (unpaired) electrons. The van der Waals surface area contributed by atoms with Crippen LogP contribution in [-0.4, -0.2) is 12.2 Å². The van der Waals surface area contributed by atoms with Gasteiger partial charge in [-0.2, -0.15) is 0 Å². The lowest BCUT2D eigenvalue weighted by molar-refractivity contribution is 0.0662. The second kappa shape index (κ2) is 13.7. The zero-order valence-electron chi connectivity index (χ0n) is 24.8. The van der Waals surface area contributed by atoms with Gasteiger partial charge in [-0.3, -0.25) is 0 Å². The molecule has 0 unspecified atom stereocenters. The Kier molecular flexibility index (Phi) is 8.88. The summed E-state index contributed by atoms with van der Waals surface area (Å²) in [6.07, 6.45) is -2.11. The monoisotopic (exact) mass is 602 g/mol. The Bertz CT molecular complexity index is 1560. The quantitative estimate of drug-likeness (QED) is 0.128. The molecule has 0 aliphatic heterocycles. The molecule has 46 heavy (non-hydrogen) atoms. The van der Waals surface area contributed by atoms with Crippen LogP contribution < -0.4 is 0 Å². The average molecular weight is 603 g/mol. The van der Waals surface area contributed by atoms with Crippen LogP contribution in [0.25, 0.3) is 0 Å². The van der Waals surface area contributed by atoms with Crippen LogP contribution in [0, 0.1) is 0 Å². The first-order valence-electron chi connectivity index (χ1n) is 14.8. The number of nitrogens with zero attached hydrogens (tertiary/aromatic N) is 2. The highest BCUT2D eigenvalue weighted by atomic mass is 16.6. The molecule has 6 aromatic carbocycles. The van der Waals surface area contributed by atoms with E-state index in [-0.39, 0.29) is 0 Å². The van der Waals surface area contributed by atoms with E-state index in [0.717, 1.165) is 0 Å². The topological polar surface area (TPSA) is 77.3 Å². The highest BCUT2D eigenvalue weighted by molar-refractivity contribution is 5.75. The maximum Gasteiger partial charge on any atom is 0.454 e. The van der Waals surface area contributed by atoms with E-state index in [9.17, 15) is 9.59 Å². The lowest BCUT2D eigenvalue weighted by atomic mass is 9.80. The van der Waals surface area contributed by atoms with Crippen molar-refractivity contribution in [1.29, 1.82) is 0 Å². The van der Waals surface area contributed by atoms with Gasteiger partial charge in [-0.05, 0) is 0 Å². The second-order valence-electron chi connectivity index (χ2n) is 10.5. The van der Waals surface area contributed by atoms with Gasteiger partial charge in [0.2, 0.25) is 0 Å². The third-order valence-corrected chi connectivity index (χ3v) is 7.78. The van der Waals surface area contributed by atoms with Crippen LogP contribution in [0.15, 0.2) is 192 Å². The molecule has 6 heteroatoms. The minimum atomic E-state index is -1.37. The molecule has 0 heterocycles. The molecule has 0 aliphatic carbocycles. The van der Waals surface area contributed by atoms with Gasteiger partial charge in [-0.25, -0.2) is 9.59 Å². The molecule has 0 aromatic heterocycles. The smallest absolute Gasteiger partial charge is 0.425 e. The van der Waals surface area contributed by atoms with Gasteiger partial charge in [-0.15, -0.1) is 0 Å². The Morgan fingerprint density at radius 1 is 0.326 bits per heavy atom. The van der Waals surface area contributed by atoms with Crippen molar-refractivity contribution < 1.29 is 19.1 Å². The van der Waals surface area contributed by atoms with E-state index in [1.807, 2.05) is 182 Å². The van der Waals surface area contributed by atoms with E-state index in [2.05, 4.69) is 10.2 Å². The minimum Gasteiger partial charge on any atom is -0.425 e. The van der Waals surface area contributed by atoms with Crippen LogP contribution in [0.3, 0.4) is 0 Å². The normalized spacial score (nSPS) is 11.6. The van der Waals surface area contributed by atoms with Crippen LogP contribution in [0.1, 0.15) is 33.4 Å². The van der Waals surface area contributed by atoms with Gasteiger partial charge in [0, 0.05) is 33.4 Å². The van der Waals surface area contributed by atoms with E-state index < -0.39 is 23.4 Å². The summed E-state index contributed by atoms with van der Waals surface area (Å²) in [4.78, 5) is 27.1. The maximum absolute atomic E-state index is 13.6. The van der Waals surface area contributed by atoms with E-state index in [1.54, 1.807) is 0 Å². The van der Waals surface area contributed by atoms with Crippen molar-refractivity contribution >= 4 is 12.2 Å². The van der Waals surface area contributed by atoms with Crippen LogP contribution in [-0.2, 0) is 20.7 Å². The van der Waals surface area contributed by atoms with E-state index in [0.29, 0.717) is 33.4 Å². The largest absolute Gasteiger partial charge is 0.454 e. The molecule has 0 aliphatic rings. The first-order valence-corrected chi connectivity index (χ1v) is 14.8. The molecular weight excluding hydrogens is 572 g/mol. The van der Waals surface area contributed by atoms with E-state index in [4.69, 9.17) is 9.47 Å². The zero-order valence-corrected chi connectivity index (χ0v) is 24.8. The van der Waals surface area contributed by atoms with Crippen molar-refractivity contribution in [1.82, 2.24) is 0 Å². The maximum atomic E-state index is 13.6. The number of rotatable bonds is 8. The standard InChI is InChI=1S/C40H30N2O4/c43-37(45-39(31-19-7-1-8-20-31,32-21-9-2-10-22-32)33-23-11-3-12-24-33)41-42-38(44)46-40(34-25-13-4-14-26-34,35-27-15-5-16-28-35)36-29-17-6-18-30-36/h1-30H/b42-41+. The molecule has 6 rings (SSSR count). The predicted octanol–water partition coefficient (Wildman–Crippen LogP) is 9.70. The van der Waals surface area contributed by atoms with E-state index >= 15 is 0 Å². The Morgan fingerprint density at radius 3 is 0.674 bits per heavy atom. The first-order chi connectivity index (χ1) is 22.6. The summed E-state index contributed by atoms with van der Waals surface area (Å²) < 4.78 is 12.4. The number of carbonyl (C=O) groups is 2. The molecule has 0 fully saturated rings. The number of hydrogen-bond acceptors (Lipinski definition) is 4. The van der Waals surface area contributed by atoms with Gasteiger partial charge < -0.3 is 9.47 Å². The van der Waals surface area contributed by atoms with Crippen LogP contribution in [0.4, 0.5) is 9.59 Å². The molecule has 0 N–H and O–H groups in total. The summed E-state index contributed by atoms with van der Waals surface area (Å²) in [5.74, 6) is 0. The fraction of sp³-hybridized carbons (Fsp3) is 0.0500. The Balaban J connectivity index is 1.38. The highest BCUT2D eigenvalue weighted by Crippen LogP contribution is 2.42. The van der Waals surface area contributed by atoms with E-state index in [1.165, 1.54) is 0 Å². The zero-order chi connectivity index (χ0) is 31.7. The van der Waals surface area contributed by atoms with Crippen LogP contribution >= 0.6 is 0 Å². The summed E-state index contributed by atoms with van der Waals surface area (Å²) in [7, 11) is 0. The van der Waals surface area contributed by atoms with Gasteiger partial charge in [0.1, 0.15) is 0 Å². The molecule has 6 aromatic rings. The SMILES string of the molecule is O=C(/N=N/C(=O)OC(c1ccccc1)(c1ccccc1)c1ccccc1)OC(c1ccccc1)(c1ccccc1)c1ccccc1. The van der Waals surface area contributed by atoms with Gasteiger partial charge in [0.05, 0.1) is 0 Å².